The molecule has 0 saturated carbocycles. The van der Waals surface area contributed by atoms with Crippen LogP contribution in [0, 0.1) is 12.7 Å². The topological polar surface area (TPSA) is 29.9 Å². The second kappa shape index (κ2) is 4.35. The summed E-state index contributed by atoms with van der Waals surface area (Å²) in [7, 11) is 1.93. The molecule has 0 unspecified atom stereocenters. The third-order valence-corrected chi connectivity index (χ3v) is 2.63. The molecule has 0 atom stereocenters. The van der Waals surface area contributed by atoms with Gasteiger partial charge in [-0.15, -0.1) is 0 Å². The van der Waals surface area contributed by atoms with E-state index in [1.165, 1.54) is 6.07 Å². The summed E-state index contributed by atoms with van der Waals surface area (Å²) in [5, 5.41) is 3.17. The van der Waals surface area contributed by atoms with Gasteiger partial charge in [-0.1, -0.05) is 6.07 Å². The fourth-order valence-corrected chi connectivity index (χ4v) is 1.54. The Morgan fingerprint density at radius 2 is 2.25 bits per heavy atom. The normalized spacial score (nSPS) is 10.4. The molecule has 84 valence electrons. The van der Waals surface area contributed by atoms with E-state index in [4.69, 9.17) is 0 Å². The van der Waals surface area contributed by atoms with Crippen molar-refractivity contribution in [1.82, 2.24) is 9.55 Å². The Balaban J connectivity index is 2.11. The third-order valence-electron chi connectivity index (χ3n) is 2.63. The highest BCUT2D eigenvalue weighted by Gasteiger charge is 2.04. The van der Waals surface area contributed by atoms with Crippen molar-refractivity contribution in [3.05, 3.63) is 47.8 Å². The zero-order chi connectivity index (χ0) is 11.5. The predicted molar refractivity (Wildman–Crippen MR) is 61.7 cm³/mol. The molecule has 3 nitrogen and oxygen atoms in total. The van der Waals surface area contributed by atoms with Crippen LogP contribution in [-0.4, -0.2) is 9.55 Å². The Bertz CT molecular complexity index is 491. The monoisotopic (exact) mass is 219 g/mol. The van der Waals surface area contributed by atoms with Crippen LogP contribution in [0.25, 0.3) is 0 Å². The molecule has 0 radical (unpaired) electrons. The largest absolute Gasteiger partial charge is 0.378 e. The van der Waals surface area contributed by atoms with Crippen LogP contribution in [0.1, 0.15) is 11.4 Å². The number of rotatable bonds is 3. The van der Waals surface area contributed by atoms with E-state index in [-0.39, 0.29) is 5.82 Å². The Hall–Kier alpha value is -1.84. The van der Waals surface area contributed by atoms with Gasteiger partial charge in [0.2, 0.25) is 0 Å². The first-order chi connectivity index (χ1) is 7.68. The SMILES string of the molecule is Cc1c(F)cccc1NCc1nccn1C. The van der Waals surface area contributed by atoms with Crippen molar-refractivity contribution in [3.63, 3.8) is 0 Å². The van der Waals surface area contributed by atoms with E-state index >= 15 is 0 Å². The molecule has 1 heterocycles. The molecule has 2 rings (SSSR count). The van der Waals surface area contributed by atoms with Crippen molar-refractivity contribution in [2.75, 3.05) is 5.32 Å². The molecule has 0 fully saturated rings. The highest BCUT2D eigenvalue weighted by atomic mass is 19.1. The number of benzene rings is 1. The van der Waals surface area contributed by atoms with Gasteiger partial charge in [-0.2, -0.15) is 0 Å². The molecule has 0 aliphatic carbocycles. The highest BCUT2D eigenvalue weighted by Crippen LogP contribution is 2.17. The molecule has 1 aromatic heterocycles. The number of aromatic nitrogens is 2. The Kier molecular flexibility index (Phi) is 2.90. The van der Waals surface area contributed by atoms with Crippen molar-refractivity contribution in [2.24, 2.45) is 7.05 Å². The zero-order valence-corrected chi connectivity index (χ0v) is 9.37. The number of nitrogens with one attached hydrogen (secondary N) is 1. The van der Waals surface area contributed by atoms with Crippen molar-refractivity contribution in [2.45, 2.75) is 13.5 Å². The maximum atomic E-state index is 13.3. The summed E-state index contributed by atoms with van der Waals surface area (Å²) in [6, 6.07) is 5.02. The van der Waals surface area contributed by atoms with Crippen LogP contribution in [-0.2, 0) is 13.6 Å². The smallest absolute Gasteiger partial charge is 0.128 e. The number of nitrogens with zero attached hydrogens (tertiary/aromatic N) is 2. The van der Waals surface area contributed by atoms with Crippen molar-refractivity contribution in [1.29, 1.82) is 0 Å². The summed E-state index contributed by atoms with van der Waals surface area (Å²) >= 11 is 0. The number of hydrogen-bond acceptors (Lipinski definition) is 2. The van der Waals surface area contributed by atoms with Crippen molar-refractivity contribution < 1.29 is 4.39 Å². The standard InChI is InChI=1S/C12H14FN3/c1-9-10(13)4-3-5-11(9)15-8-12-14-6-7-16(12)2/h3-7,15H,8H2,1-2H3. The summed E-state index contributed by atoms with van der Waals surface area (Å²) in [4.78, 5) is 4.19. The maximum absolute atomic E-state index is 13.3. The van der Waals surface area contributed by atoms with E-state index < -0.39 is 0 Å². The average Bonchev–Trinajstić information content (AvgIpc) is 2.67. The summed E-state index contributed by atoms with van der Waals surface area (Å²) in [5.41, 5.74) is 1.44. The molecule has 4 heteroatoms. The number of anilines is 1. The van der Waals surface area contributed by atoms with Gasteiger partial charge in [0.15, 0.2) is 0 Å². The van der Waals surface area contributed by atoms with Gasteiger partial charge in [0.25, 0.3) is 0 Å². The van der Waals surface area contributed by atoms with Crippen molar-refractivity contribution in [3.8, 4) is 0 Å². The van der Waals surface area contributed by atoms with Gasteiger partial charge < -0.3 is 9.88 Å². The lowest BCUT2D eigenvalue weighted by Crippen LogP contribution is -2.06. The van der Waals surface area contributed by atoms with Gasteiger partial charge in [0.1, 0.15) is 11.6 Å². The van der Waals surface area contributed by atoms with Gasteiger partial charge in [0, 0.05) is 30.7 Å². The Labute approximate surface area is 93.9 Å². The first-order valence-corrected chi connectivity index (χ1v) is 5.13. The number of aryl methyl sites for hydroxylation is 1. The second-order valence-corrected chi connectivity index (χ2v) is 3.72. The van der Waals surface area contributed by atoms with Crippen molar-refractivity contribution >= 4 is 5.69 Å². The van der Waals surface area contributed by atoms with Crippen LogP contribution >= 0.6 is 0 Å². The van der Waals surface area contributed by atoms with Gasteiger partial charge in [-0.3, -0.25) is 0 Å². The third kappa shape index (κ3) is 2.05. The molecule has 1 N–H and O–H groups in total. The molecule has 0 bridgehead atoms. The number of hydrogen-bond donors (Lipinski definition) is 1. The van der Waals surface area contributed by atoms with Crippen LogP contribution in [0.5, 0.6) is 0 Å². The molecule has 0 amide bonds. The molecule has 0 aliphatic rings. The van der Waals surface area contributed by atoms with E-state index in [1.807, 2.05) is 23.9 Å². The second-order valence-electron chi connectivity index (χ2n) is 3.72. The predicted octanol–water partition coefficient (Wildman–Crippen LogP) is 2.48. The lowest BCUT2D eigenvalue weighted by molar-refractivity contribution is 0.619. The van der Waals surface area contributed by atoms with E-state index in [1.54, 1.807) is 19.2 Å². The average molecular weight is 219 g/mol. The molecule has 0 aliphatic heterocycles. The van der Waals surface area contributed by atoms with Crippen LogP contribution in [0.2, 0.25) is 0 Å². The first kappa shape index (κ1) is 10.7. The highest BCUT2D eigenvalue weighted by molar-refractivity contribution is 5.50. The lowest BCUT2D eigenvalue weighted by atomic mass is 10.2. The maximum Gasteiger partial charge on any atom is 0.128 e. The molecule has 16 heavy (non-hydrogen) atoms. The number of halogens is 1. The molecule has 1 aromatic carbocycles. The van der Waals surface area contributed by atoms with E-state index in [0.717, 1.165) is 11.5 Å². The fraction of sp³-hybridized carbons (Fsp3) is 0.250. The van der Waals surface area contributed by atoms with Crippen LogP contribution in [0.4, 0.5) is 10.1 Å². The van der Waals surface area contributed by atoms with Gasteiger partial charge in [-0.25, -0.2) is 9.37 Å². The molecule has 0 saturated heterocycles. The summed E-state index contributed by atoms with van der Waals surface area (Å²) in [5.74, 6) is 0.730. The summed E-state index contributed by atoms with van der Waals surface area (Å²) in [6.07, 6.45) is 3.63. The summed E-state index contributed by atoms with van der Waals surface area (Å²) in [6.45, 7) is 2.35. The first-order valence-electron chi connectivity index (χ1n) is 5.13. The minimum atomic E-state index is -0.190. The van der Waals surface area contributed by atoms with Crippen LogP contribution < -0.4 is 5.32 Å². The Morgan fingerprint density at radius 1 is 1.44 bits per heavy atom. The van der Waals surface area contributed by atoms with E-state index in [0.29, 0.717) is 12.1 Å². The minimum Gasteiger partial charge on any atom is -0.378 e. The number of imidazole rings is 1. The quantitative estimate of drug-likeness (QED) is 0.859. The molecule has 2 aromatic rings. The van der Waals surface area contributed by atoms with Gasteiger partial charge in [-0.05, 0) is 19.1 Å². The zero-order valence-electron chi connectivity index (χ0n) is 9.37. The minimum absolute atomic E-state index is 0.190. The molecule has 0 spiro atoms. The molecular weight excluding hydrogens is 205 g/mol. The van der Waals surface area contributed by atoms with Crippen LogP contribution in [0.15, 0.2) is 30.6 Å². The molecular formula is C12H14FN3. The van der Waals surface area contributed by atoms with E-state index in [9.17, 15) is 4.39 Å². The Morgan fingerprint density at radius 3 is 2.94 bits per heavy atom. The lowest BCUT2D eigenvalue weighted by Gasteiger charge is -2.09. The van der Waals surface area contributed by atoms with Gasteiger partial charge >= 0.3 is 0 Å². The van der Waals surface area contributed by atoms with Crippen LogP contribution in [0.3, 0.4) is 0 Å². The fourth-order valence-electron chi connectivity index (χ4n) is 1.54. The van der Waals surface area contributed by atoms with Gasteiger partial charge in [0.05, 0.1) is 6.54 Å². The van der Waals surface area contributed by atoms with E-state index in [2.05, 4.69) is 10.3 Å². The summed E-state index contributed by atoms with van der Waals surface area (Å²) < 4.78 is 15.2.